The summed E-state index contributed by atoms with van der Waals surface area (Å²) >= 11 is 0. The summed E-state index contributed by atoms with van der Waals surface area (Å²) in [5.41, 5.74) is 0. The molecule has 0 bridgehead atoms. The Morgan fingerprint density at radius 2 is 2.12 bits per heavy atom. The van der Waals surface area contributed by atoms with Gasteiger partial charge in [0, 0.05) is 23.5 Å². The molecule has 2 N–H and O–H groups in total. The minimum atomic E-state index is -1.16. The minimum absolute atomic E-state index is 0.00537. The van der Waals surface area contributed by atoms with Crippen LogP contribution >= 0.6 is 0 Å². The summed E-state index contributed by atoms with van der Waals surface area (Å²) in [6, 6.07) is -1.03. The van der Waals surface area contributed by atoms with Crippen LogP contribution in [-0.4, -0.2) is 38.7 Å². The van der Waals surface area contributed by atoms with E-state index in [0.29, 0.717) is 11.7 Å². The first-order chi connectivity index (χ1) is 7.49. The van der Waals surface area contributed by atoms with Crippen LogP contribution in [0.4, 0.5) is 0 Å². The Kier molecular flexibility index (Phi) is 4.92. The Labute approximate surface area is 97.1 Å². The van der Waals surface area contributed by atoms with Gasteiger partial charge in [0.05, 0.1) is 5.75 Å². The molecule has 2 unspecified atom stereocenters. The van der Waals surface area contributed by atoms with Crippen molar-refractivity contribution in [3.8, 4) is 0 Å². The van der Waals surface area contributed by atoms with Crippen molar-refractivity contribution in [1.29, 1.82) is 0 Å². The van der Waals surface area contributed by atoms with Gasteiger partial charge in [-0.3, -0.25) is 9.00 Å². The lowest BCUT2D eigenvalue weighted by molar-refractivity contribution is -0.140. The standard InChI is InChI=1S/C10H17NO4S/c1-7(12)11-9(10(13)14)6-16(15)5-8-3-2-4-8/h8-9H,2-6H2,1H3,(H,11,12)(H,13,14). The van der Waals surface area contributed by atoms with Crippen molar-refractivity contribution in [2.75, 3.05) is 11.5 Å². The van der Waals surface area contributed by atoms with Crippen molar-refractivity contribution >= 4 is 22.7 Å². The molecular formula is C10H17NO4S. The Morgan fingerprint density at radius 3 is 2.50 bits per heavy atom. The van der Waals surface area contributed by atoms with E-state index >= 15 is 0 Å². The number of rotatable bonds is 6. The molecule has 1 saturated carbocycles. The molecule has 0 aromatic rings. The van der Waals surface area contributed by atoms with Crippen molar-refractivity contribution < 1.29 is 18.9 Å². The van der Waals surface area contributed by atoms with Crippen LogP contribution in [0.3, 0.4) is 0 Å². The fourth-order valence-electron chi connectivity index (χ4n) is 1.60. The van der Waals surface area contributed by atoms with Crippen LogP contribution in [0.2, 0.25) is 0 Å². The second-order valence-electron chi connectivity index (χ2n) is 4.16. The maximum atomic E-state index is 11.6. The van der Waals surface area contributed by atoms with E-state index < -0.39 is 28.7 Å². The molecule has 0 radical (unpaired) electrons. The Hall–Kier alpha value is -0.910. The summed E-state index contributed by atoms with van der Waals surface area (Å²) < 4.78 is 11.6. The molecule has 92 valence electrons. The summed E-state index contributed by atoms with van der Waals surface area (Å²) in [5.74, 6) is -0.493. The molecule has 6 heteroatoms. The zero-order chi connectivity index (χ0) is 12.1. The van der Waals surface area contributed by atoms with Crippen molar-refractivity contribution in [3.63, 3.8) is 0 Å². The molecule has 0 aromatic heterocycles. The van der Waals surface area contributed by atoms with E-state index in [0.717, 1.165) is 12.8 Å². The first-order valence-electron chi connectivity index (χ1n) is 5.34. The summed E-state index contributed by atoms with van der Waals surface area (Å²) in [7, 11) is -1.16. The number of carbonyl (C=O) groups is 2. The highest BCUT2D eigenvalue weighted by Crippen LogP contribution is 2.26. The monoisotopic (exact) mass is 247 g/mol. The predicted molar refractivity (Wildman–Crippen MR) is 60.5 cm³/mol. The van der Waals surface area contributed by atoms with Gasteiger partial charge in [-0.2, -0.15) is 0 Å². The third-order valence-corrected chi connectivity index (χ3v) is 4.22. The van der Waals surface area contributed by atoms with Crippen LogP contribution in [0.5, 0.6) is 0 Å². The van der Waals surface area contributed by atoms with Crippen LogP contribution in [0.15, 0.2) is 0 Å². The van der Waals surface area contributed by atoms with Crippen molar-refractivity contribution in [2.24, 2.45) is 5.92 Å². The lowest BCUT2D eigenvalue weighted by Gasteiger charge is -2.25. The molecule has 16 heavy (non-hydrogen) atoms. The summed E-state index contributed by atoms with van der Waals surface area (Å²) in [4.78, 5) is 21.5. The fourth-order valence-corrected chi connectivity index (χ4v) is 3.19. The smallest absolute Gasteiger partial charge is 0.327 e. The number of carboxylic acids is 1. The van der Waals surface area contributed by atoms with Crippen LogP contribution < -0.4 is 5.32 Å². The van der Waals surface area contributed by atoms with Gasteiger partial charge in [0.15, 0.2) is 0 Å². The van der Waals surface area contributed by atoms with Gasteiger partial charge in [-0.05, 0) is 18.8 Å². The number of hydrogen-bond acceptors (Lipinski definition) is 3. The van der Waals surface area contributed by atoms with E-state index in [9.17, 15) is 13.8 Å². The van der Waals surface area contributed by atoms with Crippen LogP contribution in [0.25, 0.3) is 0 Å². The third kappa shape index (κ3) is 4.30. The van der Waals surface area contributed by atoms with Gasteiger partial charge in [0.2, 0.25) is 5.91 Å². The maximum absolute atomic E-state index is 11.6. The molecule has 5 nitrogen and oxygen atoms in total. The quantitative estimate of drug-likeness (QED) is 0.698. The highest BCUT2D eigenvalue weighted by atomic mass is 32.2. The average molecular weight is 247 g/mol. The lowest BCUT2D eigenvalue weighted by atomic mass is 9.87. The van der Waals surface area contributed by atoms with Crippen molar-refractivity contribution in [1.82, 2.24) is 5.32 Å². The van der Waals surface area contributed by atoms with E-state index in [1.54, 1.807) is 0 Å². The zero-order valence-electron chi connectivity index (χ0n) is 9.27. The van der Waals surface area contributed by atoms with E-state index in [1.165, 1.54) is 13.3 Å². The molecule has 1 aliphatic rings. The highest BCUT2D eigenvalue weighted by Gasteiger charge is 2.25. The normalized spacial score (nSPS) is 19.6. The summed E-state index contributed by atoms with van der Waals surface area (Å²) in [5, 5.41) is 11.1. The second-order valence-corrected chi connectivity index (χ2v) is 5.71. The molecule has 0 saturated heterocycles. The number of aliphatic carboxylic acids is 1. The number of nitrogens with one attached hydrogen (secondary N) is 1. The lowest BCUT2D eigenvalue weighted by Crippen LogP contribution is -2.44. The number of carbonyl (C=O) groups excluding carboxylic acids is 1. The average Bonchev–Trinajstić information content (AvgIpc) is 2.09. The molecule has 1 rings (SSSR count). The van der Waals surface area contributed by atoms with Gasteiger partial charge < -0.3 is 10.4 Å². The molecular weight excluding hydrogens is 230 g/mol. The van der Waals surface area contributed by atoms with Gasteiger partial charge in [-0.25, -0.2) is 4.79 Å². The second kappa shape index (κ2) is 5.98. The topological polar surface area (TPSA) is 83.5 Å². The van der Waals surface area contributed by atoms with E-state index in [2.05, 4.69) is 5.32 Å². The van der Waals surface area contributed by atoms with Crippen LogP contribution in [0.1, 0.15) is 26.2 Å². The minimum Gasteiger partial charge on any atom is -0.480 e. The zero-order valence-corrected chi connectivity index (χ0v) is 10.1. The van der Waals surface area contributed by atoms with Crippen LogP contribution in [-0.2, 0) is 20.4 Å². The summed E-state index contributed by atoms with van der Waals surface area (Å²) in [6.07, 6.45) is 3.35. The van der Waals surface area contributed by atoms with Gasteiger partial charge in [-0.1, -0.05) is 6.42 Å². The van der Waals surface area contributed by atoms with Crippen molar-refractivity contribution in [3.05, 3.63) is 0 Å². The number of carboxylic acid groups (broad SMARTS) is 1. The van der Waals surface area contributed by atoms with Crippen LogP contribution in [0, 0.1) is 5.92 Å². The maximum Gasteiger partial charge on any atom is 0.327 e. The molecule has 1 amide bonds. The SMILES string of the molecule is CC(=O)NC(CS(=O)CC1CCC1)C(=O)O. The molecule has 0 aromatic carbocycles. The van der Waals surface area contributed by atoms with E-state index in [-0.39, 0.29) is 5.75 Å². The number of hydrogen-bond donors (Lipinski definition) is 2. The summed E-state index contributed by atoms with van der Waals surface area (Å²) in [6.45, 7) is 1.25. The first kappa shape index (κ1) is 13.2. The molecule has 0 aliphatic heterocycles. The molecule has 2 atom stereocenters. The van der Waals surface area contributed by atoms with Gasteiger partial charge in [0.25, 0.3) is 0 Å². The largest absolute Gasteiger partial charge is 0.480 e. The Bertz CT molecular complexity index is 301. The first-order valence-corrected chi connectivity index (χ1v) is 6.82. The van der Waals surface area contributed by atoms with E-state index in [1.807, 2.05) is 0 Å². The molecule has 1 aliphatic carbocycles. The van der Waals surface area contributed by atoms with Gasteiger partial charge >= 0.3 is 5.97 Å². The Balaban J connectivity index is 2.37. The molecule has 0 heterocycles. The van der Waals surface area contributed by atoms with Crippen molar-refractivity contribution in [2.45, 2.75) is 32.2 Å². The predicted octanol–water partition coefficient (Wildman–Crippen LogP) is 0.124. The molecule has 1 fully saturated rings. The van der Waals surface area contributed by atoms with Gasteiger partial charge in [-0.15, -0.1) is 0 Å². The Morgan fingerprint density at radius 1 is 1.50 bits per heavy atom. The fraction of sp³-hybridized carbons (Fsp3) is 0.800. The van der Waals surface area contributed by atoms with E-state index in [4.69, 9.17) is 5.11 Å². The molecule has 0 spiro atoms. The number of amides is 1. The van der Waals surface area contributed by atoms with Gasteiger partial charge in [0.1, 0.15) is 6.04 Å². The highest BCUT2D eigenvalue weighted by molar-refractivity contribution is 7.85. The third-order valence-electron chi connectivity index (χ3n) is 2.67.